The summed E-state index contributed by atoms with van der Waals surface area (Å²) in [4.78, 5) is 19.8. The van der Waals surface area contributed by atoms with Crippen LogP contribution in [0.25, 0.3) is 39.4 Å². The molecule has 0 bridgehead atoms. The second-order valence-corrected chi connectivity index (χ2v) is 11.4. The maximum Gasteiger partial charge on any atom is 0.291 e. The van der Waals surface area contributed by atoms with Crippen LogP contribution in [0.15, 0.2) is 107 Å². The summed E-state index contributed by atoms with van der Waals surface area (Å²) in [7, 11) is 0. The predicted molar refractivity (Wildman–Crippen MR) is 167 cm³/mol. The summed E-state index contributed by atoms with van der Waals surface area (Å²) in [5.41, 5.74) is 4.18. The fourth-order valence-corrected chi connectivity index (χ4v) is 5.98. The van der Waals surface area contributed by atoms with Crippen LogP contribution < -0.4 is 14.8 Å². The molecule has 41 heavy (non-hydrogen) atoms. The van der Waals surface area contributed by atoms with Crippen molar-refractivity contribution in [2.24, 2.45) is 0 Å². The van der Waals surface area contributed by atoms with Crippen LogP contribution in [0.2, 0.25) is 0 Å². The molecule has 3 aromatic heterocycles. The first kappa shape index (κ1) is 26.7. The maximum atomic E-state index is 13.4. The van der Waals surface area contributed by atoms with Gasteiger partial charge in [-0.25, -0.2) is 4.68 Å². The van der Waals surface area contributed by atoms with Gasteiger partial charge in [0.15, 0.2) is 5.82 Å². The van der Waals surface area contributed by atoms with Crippen molar-refractivity contribution in [3.63, 3.8) is 0 Å². The lowest BCUT2D eigenvalue weighted by atomic mass is 10.1. The third-order valence-corrected chi connectivity index (χ3v) is 8.49. The number of rotatable bonds is 10. The Kier molecular flexibility index (Phi) is 7.80. The first-order valence-corrected chi connectivity index (χ1v) is 15.1. The molecule has 0 radical (unpaired) electrons. The lowest BCUT2D eigenvalue weighted by molar-refractivity contribution is 0.363. The molecule has 0 saturated heterocycles. The van der Waals surface area contributed by atoms with Gasteiger partial charge in [0.1, 0.15) is 12.4 Å². The molecule has 3 aromatic carbocycles. The molecule has 6 rings (SSSR count). The van der Waals surface area contributed by atoms with Crippen LogP contribution in [0, 0.1) is 0 Å². The topological polar surface area (TPSA) is 74.3 Å². The summed E-state index contributed by atoms with van der Waals surface area (Å²) in [5, 5.41) is 9.42. The minimum atomic E-state index is -0.209. The van der Waals surface area contributed by atoms with E-state index >= 15 is 0 Å². The Morgan fingerprint density at radius 1 is 0.976 bits per heavy atom. The molecule has 0 aliphatic heterocycles. The number of fused-ring (bicyclic) bond motifs is 1. The van der Waals surface area contributed by atoms with Crippen molar-refractivity contribution >= 4 is 34.1 Å². The summed E-state index contributed by atoms with van der Waals surface area (Å²) in [6.45, 7) is 6.28. The van der Waals surface area contributed by atoms with Gasteiger partial charge in [0.05, 0.1) is 15.9 Å². The lowest BCUT2D eigenvalue weighted by Crippen LogP contribution is -2.23. The molecular formula is C32H27N5O2S2. The number of para-hydroxylation sites is 1. The summed E-state index contributed by atoms with van der Waals surface area (Å²) in [6, 6.07) is 25.9. The van der Waals surface area contributed by atoms with Gasteiger partial charge in [0, 0.05) is 27.8 Å². The van der Waals surface area contributed by atoms with Gasteiger partial charge in [-0.05, 0) is 66.8 Å². The van der Waals surface area contributed by atoms with Gasteiger partial charge < -0.3 is 4.74 Å². The third-order valence-electron chi connectivity index (χ3n) is 6.31. The van der Waals surface area contributed by atoms with E-state index in [2.05, 4.69) is 47.9 Å². The smallest absolute Gasteiger partial charge is 0.291 e. The number of aromatic nitrogens is 5. The summed E-state index contributed by atoms with van der Waals surface area (Å²) < 4.78 is 9.32. The fraction of sp³-hybridized carbons (Fsp3) is 0.125. The largest absolute Gasteiger partial charge is 0.490 e. The van der Waals surface area contributed by atoms with E-state index in [0.29, 0.717) is 21.9 Å². The van der Waals surface area contributed by atoms with Crippen molar-refractivity contribution in [3.05, 3.63) is 118 Å². The van der Waals surface area contributed by atoms with Gasteiger partial charge in [-0.15, -0.1) is 16.9 Å². The second-order valence-electron chi connectivity index (χ2n) is 9.26. The Labute approximate surface area is 245 Å². The highest BCUT2D eigenvalue weighted by atomic mass is 32.2. The monoisotopic (exact) mass is 577 g/mol. The Bertz CT molecular complexity index is 1910. The zero-order valence-electron chi connectivity index (χ0n) is 22.4. The van der Waals surface area contributed by atoms with Crippen LogP contribution in [-0.4, -0.2) is 36.7 Å². The van der Waals surface area contributed by atoms with E-state index < -0.39 is 0 Å². The standard InChI is InChI=1S/C32H27N5O2S2/c1-3-18-39-26-14-10-23(11-15-26)30-33-32-37(35-30)31(38)28(41-32)20-24-21-36(25-8-6-5-7-9-25)34-29(24)22-12-16-27(17-13-22)40-19-4-2/h3,5-17,20-21H,1,4,18-19H2,2H3/b28-20-. The molecule has 0 aliphatic rings. The minimum Gasteiger partial charge on any atom is -0.490 e. The fourth-order valence-electron chi connectivity index (χ4n) is 4.31. The van der Waals surface area contributed by atoms with Crippen molar-refractivity contribution in [2.75, 3.05) is 12.4 Å². The summed E-state index contributed by atoms with van der Waals surface area (Å²) in [5.74, 6) is 2.31. The van der Waals surface area contributed by atoms with Crippen LogP contribution in [0.5, 0.6) is 5.75 Å². The molecule has 0 atom stereocenters. The Morgan fingerprint density at radius 2 is 1.73 bits per heavy atom. The van der Waals surface area contributed by atoms with Gasteiger partial charge in [0.2, 0.25) is 4.96 Å². The highest BCUT2D eigenvalue weighted by Crippen LogP contribution is 2.28. The molecule has 0 amide bonds. The van der Waals surface area contributed by atoms with Gasteiger partial charge >= 0.3 is 0 Å². The van der Waals surface area contributed by atoms with Gasteiger partial charge in [0.25, 0.3) is 5.56 Å². The van der Waals surface area contributed by atoms with Gasteiger partial charge in [-0.1, -0.05) is 61.2 Å². The van der Waals surface area contributed by atoms with Crippen molar-refractivity contribution in [2.45, 2.75) is 18.2 Å². The number of thioether (sulfide) groups is 1. The van der Waals surface area contributed by atoms with Crippen molar-refractivity contribution in [1.82, 2.24) is 24.4 Å². The normalized spacial score (nSPS) is 11.8. The van der Waals surface area contributed by atoms with E-state index in [0.717, 1.165) is 46.0 Å². The molecular weight excluding hydrogens is 551 g/mol. The molecule has 0 saturated carbocycles. The van der Waals surface area contributed by atoms with E-state index in [1.165, 1.54) is 20.7 Å². The number of nitrogens with zero attached hydrogens (tertiary/aromatic N) is 5. The minimum absolute atomic E-state index is 0.209. The Morgan fingerprint density at radius 3 is 2.44 bits per heavy atom. The van der Waals surface area contributed by atoms with Crippen LogP contribution in [0.4, 0.5) is 0 Å². The Balaban J connectivity index is 1.37. The van der Waals surface area contributed by atoms with E-state index in [-0.39, 0.29) is 5.56 Å². The lowest BCUT2D eigenvalue weighted by Gasteiger charge is -2.03. The predicted octanol–water partition coefficient (Wildman–Crippen LogP) is 6.29. The third kappa shape index (κ3) is 5.73. The number of ether oxygens (including phenoxy) is 1. The van der Waals surface area contributed by atoms with E-state index in [9.17, 15) is 4.79 Å². The molecule has 9 heteroatoms. The number of hydrogen-bond donors (Lipinski definition) is 0. The second kappa shape index (κ2) is 12.0. The van der Waals surface area contributed by atoms with Crippen LogP contribution in [-0.2, 0) is 0 Å². The van der Waals surface area contributed by atoms with Crippen molar-refractivity contribution in [1.29, 1.82) is 0 Å². The average molecular weight is 578 g/mol. The molecule has 6 aromatic rings. The number of benzene rings is 3. The molecule has 0 fully saturated rings. The van der Waals surface area contributed by atoms with E-state index in [1.54, 1.807) is 6.08 Å². The van der Waals surface area contributed by atoms with Crippen LogP contribution >= 0.6 is 23.1 Å². The first-order chi connectivity index (χ1) is 20.1. The first-order valence-electron chi connectivity index (χ1n) is 13.3. The highest BCUT2D eigenvalue weighted by molar-refractivity contribution is 7.99. The molecule has 0 unspecified atom stereocenters. The van der Waals surface area contributed by atoms with Crippen molar-refractivity contribution < 1.29 is 4.74 Å². The summed E-state index contributed by atoms with van der Waals surface area (Å²) >= 11 is 3.16. The van der Waals surface area contributed by atoms with Gasteiger partial charge in [-0.2, -0.15) is 14.6 Å². The molecule has 7 nitrogen and oxygen atoms in total. The van der Waals surface area contributed by atoms with E-state index in [1.807, 2.05) is 83.3 Å². The van der Waals surface area contributed by atoms with Gasteiger partial charge in [-0.3, -0.25) is 4.79 Å². The molecule has 0 N–H and O–H groups in total. The highest BCUT2D eigenvalue weighted by Gasteiger charge is 2.15. The number of hydrogen-bond acceptors (Lipinski definition) is 7. The maximum absolute atomic E-state index is 13.4. The quantitative estimate of drug-likeness (QED) is 0.141. The van der Waals surface area contributed by atoms with E-state index in [4.69, 9.17) is 9.84 Å². The SMILES string of the molecule is C=CCOc1ccc(-c2nc3s/c(=C\c4cn(-c5ccccc5)nc4-c4ccc(SCCC)cc4)c(=O)n3n2)cc1. The van der Waals surface area contributed by atoms with Crippen molar-refractivity contribution in [3.8, 4) is 34.1 Å². The molecule has 0 spiro atoms. The number of thiazole rings is 1. The van der Waals surface area contributed by atoms with Crippen LogP contribution in [0.1, 0.15) is 18.9 Å². The molecule has 0 aliphatic carbocycles. The zero-order valence-corrected chi connectivity index (χ0v) is 24.1. The molecule has 204 valence electrons. The Hall–Kier alpha value is -4.47. The zero-order chi connectivity index (χ0) is 28.2. The van der Waals surface area contributed by atoms with Crippen LogP contribution in [0.3, 0.4) is 0 Å². The molecule has 3 heterocycles. The summed E-state index contributed by atoms with van der Waals surface area (Å²) in [6.07, 6.45) is 6.67. The average Bonchev–Trinajstić information content (AvgIpc) is 3.71.